The maximum atomic E-state index is 12.2. The van der Waals surface area contributed by atoms with Crippen LogP contribution in [0.1, 0.15) is 17.0 Å². The topological polar surface area (TPSA) is 71.9 Å². The van der Waals surface area contributed by atoms with Gasteiger partial charge in [0.15, 0.2) is 5.75 Å². The minimum Gasteiger partial charge on any atom is -0.403 e. The second kappa shape index (κ2) is 5.01. The first-order chi connectivity index (χ1) is 7.87. The Kier molecular flexibility index (Phi) is 3.91. The highest BCUT2D eigenvalue weighted by Crippen LogP contribution is 2.29. The third-order valence-corrected chi connectivity index (χ3v) is 1.93. The number of aryl methyl sites for hydroxylation is 1. The molecule has 0 fully saturated rings. The lowest BCUT2D eigenvalue weighted by Crippen LogP contribution is -2.20. The number of nitrogens with two attached hydrogens (primary N) is 1. The van der Waals surface area contributed by atoms with Crippen LogP contribution in [0, 0.1) is 18.3 Å². The molecule has 0 bridgehead atoms. The van der Waals surface area contributed by atoms with Gasteiger partial charge < -0.3 is 10.5 Å². The molecule has 1 aromatic heterocycles. The average Bonchev–Trinajstić information content (AvgIpc) is 2.20. The van der Waals surface area contributed by atoms with Gasteiger partial charge in [0.25, 0.3) is 0 Å². The molecule has 0 atom stereocenters. The molecule has 0 unspecified atom stereocenters. The van der Waals surface area contributed by atoms with Crippen molar-refractivity contribution in [3.8, 4) is 11.8 Å². The highest BCUT2D eigenvalue weighted by atomic mass is 19.4. The Labute approximate surface area is 95.8 Å². The zero-order valence-corrected chi connectivity index (χ0v) is 9.01. The fourth-order valence-corrected chi connectivity index (χ4v) is 1.39. The van der Waals surface area contributed by atoms with Crippen LogP contribution in [-0.4, -0.2) is 11.3 Å². The number of alkyl halides is 3. The molecular weight excluding hydrogens is 235 g/mol. The molecule has 0 aromatic carbocycles. The van der Waals surface area contributed by atoms with Crippen LogP contribution in [-0.2, 0) is 13.0 Å². The Morgan fingerprint density at radius 2 is 2.18 bits per heavy atom. The molecule has 4 nitrogen and oxygen atoms in total. The summed E-state index contributed by atoms with van der Waals surface area (Å²) in [7, 11) is 0. The minimum atomic E-state index is -4.83. The van der Waals surface area contributed by atoms with Crippen molar-refractivity contribution in [1.82, 2.24) is 4.98 Å². The summed E-state index contributed by atoms with van der Waals surface area (Å²) >= 11 is 0. The average molecular weight is 245 g/mol. The van der Waals surface area contributed by atoms with Gasteiger partial charge in [0, 0.05) is 17.8 Å². The summed E-state index contributed by atoms with van der Waals surface area (Å²) in [4.78, 5) is 3.85. The molecule has 1 aromatic rings. The molecule has 0 aliphatic heterocycles. The molecular formula is C10H10F3N3O. The van der Waals surface area contributed by atoms with E-state index in [9.17, 15) is 13.2 Å². The highest BCUT2D eigenvalue weighted by molar-refractivity contribution is 5.40. The lowest BCUT2D eigenvalue weighted by Gasteiger charge is -2.15. The van der Waals surface area contributed by atoms with Crippen LogP contribution < -0.4 is 10.5 Å². The van der Waals surface area contributed by atoms with Gasteiger partial charge in [-0.05, 0) is 13.0 Å². The molecule has 2 N–H and O–H groups in total. The predicted octanol–water partition coefficient (Wildman–Crippen LogP) is 1.81. The molecule has 0 saturated carbocycles. The number of ether oxygens (including phenoxy) is 1. The van der Waals surface area contributed by atoms with Crippen molar-refractivity contribution in [3.63, 3.8) is 0 Å². The van der Waals surface area contributed by atoms with E-state index in [4.69, 9.17) is 11.0 Å². The zero-order chi connectivity index (χ0) is 13.1. The number of nitrogens with zero attached hydrogens (tertiary/aromatic N) is 2. The third-order valence-electron chi connectivity index (χ3n) is 1.93. The molecule has 0 aliphatic rings. The number of pyridine rings is 1. The van der Waals surface area contributed by atoms with Crippen molar-refractivity contribution in [2.75, 3.05) is 0 Å². The Hall–Kier alpha value is -1.81. The maximum absolute atomic E-state index is 12.2. The van der Waals surface area contributed by atoms with E-state index >= 15 is 0 Å². The normalized spacial score (nSPS) is 11.1. The van der Waals surface area contributed by atoms with Crippen LogP contribution in [0.25, 0.3) is 0 Å². The van der Waals surface area contributed by atoms with Crippen LogP contribution in [0.15, 0.2) is 6.07 Å². The van der Waals surface area contributed by atoms with Crippen molar-refractivity contribution in [1.29, 1.82) is 5.26 Å². The summed E-state index contributed by atoms with van der Waals surface area (Å²) in [5.74, 6) is -0.466. The number of nitriles is 1. The van der Waals surface area contributed by atoms with E-state index in [0.717, 1.165) is 0 Å². The fraction of sp³-hybridized carbons (Fsp3) is 0.400. The van der Waals surface area contributed by atoms with Crippen molar-refractivity contribution < 1.29 is 17.9 Å². The fourth-order valence-electron chi connectivity index (χ4n) is 1.39. The molecule has 0 radical (unpaired) electrons. The first-order valence-corrected chi connectivity index (χ1v) is 4.69. The van der Waals surface area contributed by atoms with Crippen molar-refractivity contribution in [2.24, 2.45) is 5.73 Å². The Morgan fingerprint density at radius 3 is 2.65 bits per heavy atom. The number of aromatic nitrogens is 1. The zero-order valence-electron chi connectivity index (χ0n) is 9.01. The molecule has 0 amide bonds. The Balaban J connectivity index is 3.27. The standard InChI is InChI=1S/C10H10F3N3O/c1-6-4-7(5-15)9(17-10(11,12)13)8(16-6)2-3-14/h4H,2,5,15H2,1H3. The smallest absolute Gasteiger partial charge is 0.403 e. The summed E-state index contributed by atoms with van der Waals surface area (Å²) in [6.07, 6.45) is -5.09. The van der Waals surface area contributed by atoms with E-state index in [1.54, 1.807) is 13.0 Å². The van der Waals surface area contributed by atoms with Gasteiger partial charge in [-0.25, -0.2) is 0 Å². The summed E-state index contributed by atoms with van der Waals surface area (Å²) in [5.41, 5.74) is 5.97. The molecule has 0 saturated heterocycles. The Morgan fingerprint density at radius 1 is 1.53 bits per heavy atom. The van der Waals surface area contributed by atoms with Crippen LogP contribution in [0.5, 0.6) is 5.75 Å². The Bertz CT molecular complexity index is 451. The molecule has 7 heteroatoms. The molecule has 17 heavy (non-hydrogen) atoms. The van der Waals surface area contributed by atoms with E-state index < -0.39 is 12.1 Å². The second-order valence-electron chi connectivity index (χ2n) is 3.29. The maximum Gasteiger partial charge on any atom is 0.573 e. The molecule has 0 aliphatic carbocycles. The largest absolute Gasteiger partial charge is 0.573 e. The van der Waals surface area contributed by atoms with Gasteiger partial charge in [-0.1, -0.05) is 0 Å². The summed E-state index contributed by atoms with van der Waals surface area (Å²) in [6.45, 7) is 1.49. The van der Waals surface area contributed by atoms with Crippen LogP contribution in [0.3, 0.4) is 0 Å². The quantitative estimate of drug-likeness (QED) is 0.881. The molecule has 1 heterocycles. The van der Waals surface area contributed by atoms with Gasteiger partial charge in [0.2, 0.25) is 0 Å². The monoisotopic (exact) mass is 245 g/mol. The van der Waals surface area contributed by atoms with Crippen LogP contribution in [0.2, 0.25) is 0 Å². The first kappa shape index (κ1) is 13.3. The van der Waals surface area contributed by atoms with E-state index in [2.05, 4.69) is 9.72 Å². The molecule has 1 rings (SSSR count). The number of rotatable bonds is 3. The predicted molar refractivity (Wildman–Crippen MR) is 52.9 cm³/mol. The van der Waals surface area contributed by atoms with E-state index in [-0.39, 0.29) is 24.2 Å². The van der Waals surface area contributed by atoms with Crippen LogP contribution in [0.4, 0.5) is 13.2 Å². The highest BCUT2D eigenvalue weighted by Gasteiger charge is 2.33. The van der Waals surface area contributed by atoms with Gasteiger partial charge in [0.1, 0.15) is 0 Å². The second-order valence-corrected chi connectivity index (χ2v) is 3.29. The first-order valence-electron chi connectivity index (χ1n) is 4.69. The summed E-state index contributed by atoms with van der Waals surface area (Å²) < 4.78 is 40.5. The van der Waals surface area contributed by atoms with E-state index in [1.165, 1.54) is 6.07 Å². The van der Waals surface area contributed by atoms with Gasteiger partial charge in [-0.15, -0.1) is 13.2 Å². The van der Waals surface area contributed by atoms with Gasteiger partial charge >= 0.3 is 6.36 Å². The van der Waals surface area contributed by atoms with E-state index in [0.29, 0.717) is 5.69 Å². The van der Waals surface area contributed by atoms with Gasteiger partial charge in [-0.2, -0.15) is 5.26 Å². The van der Waals surface area contributed by atoms with Crippen molar-refractivity contribution in [2.45, 2.75) is 26.3 Å². The third kappa shape index (κ3) is 3.60. The van der Waals surface area contributed by atoms with E-state index in [1.807, 2.05) is 0 Å². The molecule has 0 spiro atoms. The number of hydrogen-bond acceptors (Lipinski definition) is 4. The summed E-state index contributed by atoms with van der Waals surface area (Å²) in [6, 6.07) is 3.14. The lowest BCUT2D eigenvalue weighted by atomic mass is 10.1. The molecule has 92 valence electrons. The SMILES string of the molecule is Cc1cc(CN)c(OC(F)(F)F)c(CC#N)n1. The number of halogens is 3. The van der Waals surface area contributed by atoms with Crippen molar-refractivity contribution in [3.05, 3.63) is 23.0 Å². The van der Waals surface area contributed by atoms with Gasteiger partial charge in [0.05, 0.1) is 18.2 Å². The van der Waals surface area contributed by atoms with Crippen molar-refractivity contribution >= 4 is 0 Å². The number of hydrogen-bond donors (Lipinski definition) is 1. The van der Waals surface area contributed by atoms with Gasteiger partial charge in [-0.3, -0.25) is 4.98 Å². The summed E-state index contributed by atoms with van der Waals surface area (Å²) in [5, 5.41) is 8.54. The lowest BCUT2D eigenvalue weighted by molar-refractivity contribution is -0.275. The van der Waals surface area contributed by atoms with Crippen LogP contribution >= 0.6 is 0 Å². The minimum absolute atomic E-state index is 0.0507.